The highest BCUT2D eigenvalue weighted by Crippen LogP contribution is 2.49. The molecule has 0 heterocycles. The van der Waals surface area contributed by atoms with Crippen LogP contribution in [-0.4, -0.2) is 26.4 Å². The van der Waals surface area contributed by atoms with Crippen LogP contribution in [-0.2, 0) is 14.3 Å². The molecule has 0 aliphatic heterocycles. The first-order valence-electron chi connectivity index (χ1n) is 4.96. The van der Waals surface area contributed by atoms with E-state index in [4.69, 9.17) is 4.18 Å². The molecule has 2 aliphatic rings. The van der Waals surface area contributed by atoms with Crippen molar-refractivity contribution < 1.29 is 17.0 Å². The van der Waals surface area contributed by atoms with Gasteiger partial charge in [0.05, 0.1) is 6.26 Å². The summed E-state index contributed by atoms with van der Waals surface area (Å²) in [6, 6.07) is 0. The fraction of sp³-hybridized carbons (Fsp3) is 1.00. The lowest BCUT2D eigenvalue weighted by atomic mass is 9.87. The summed E-state index contributed by atoms with van der Waals surface area (Å²) >= 11 is 0. The predicted molar refractivity (Wildman–Crippen MR) is 50.1 cm³/mol. The molecule has 0 spiro atoms. The highest BCUT2D eigenvalue weighted by molar-refractivity contribution is 7.86. The quantitative estimate of drug-likeness (QED) is 0.667. The van der Waals surface area contributed by atoms with E-state index in [1.54, 1.807) is 0 Å². The minimum Gasteiger partial charge on any atom is -0.264 e. The summed E-state index contributed by atoms with van der Waals surface area (Å²) in [5.41, 5.74) is -1.38. The average Bonchev–Trinajstić information content (AvgIpc) is 2.19. The minimum atomic E-state index is -3.52. The van der Waals surface area contributed by atoms with E-state index in [1.165, 1.54) is 0 Å². The van der Waals surface area contributed by atoms with Gasteiger partial charge in [0.2, 0.25) is 0 Å². The van der Waals surface area contributed by atoms with Crippen molar-refractivity contribution in [3.63, 3.8) is 0 Å². The molecule has 82 valence electrons. The second-order valence-corrected chi connectivity index (χ2v) is 6.12. The van der Waals surface area contributed by atoms with Gasteiger partial charge < -0.3 is 0 Å². The molecule has 0 aromatic heterocycles. The lowest BCUT2D eigenvalue weighted by Crippen LogP contribution is -2.36. The topological polar surface area (TPSA) is 43.4 Å². The molecule has 1 unspecified atom stereocenters. The van der Waals surface area contributed by atoms with Crippen LogP contribution in [0, 0.1) is 5.92 Å². The molecule has 0 amide bonds. The van der Waals surface area contributed by atoms with Crippen LogP contribution in [0.2, 0.25) is 0 Å². The van der Waals surface area contributed by atoms with Crippen molar-refractivity contribution in [1.29, 1.82) is 0 Å². The second-order valence-electron chi connectivity index (χ2n) is 4.52. The molecule has 0 N–H and O–H groups in total. The fourth-order valence-corrected chi connectivity index (χ4v) is 3.39. The Morgan fingerprint density at radius 2 is 2.21 bits per heavy atom. The van der Waals surface area contributed by atoms with E-state index in [-0.39, 0.29) is 0 Å². The van der Waals surface area contributed by atoms with E-state index in [1.807, 2.05) is 0 Å². The maximum absolute atomic E-state index is 14.1. The molecular weight excluding hydrogens is 207 g/mol. The van der Waals surface area contributed by atoms with Gasteiger partial charge in [-0.15, -0.1) is 0 Å². The Balaban J connectivity index is 2.13. The number of fused-ring (bicyclic) bond motifs is 2. The van der Waals surface area contributed by atoms with Crippen LogP contribution >= 0.6 is 0 Å². The number of hydrogen-bond acceptors (Lipinski definition) is 3. The zero-order valence-electron chi connectivity index (χ0n) is 8.20. The van der Waals surface area contributed by atoms with Crippen molar-refractivity contribution in [2.45, 2.75) is 43.9 Å². The Morgan fingerprint density at radius 1 is 1.50 bits per heavy atom. The van der Waals surface area contributed by atoms with Gasteiger partial charge in [0, 0.05) is 0 Å². The van der Waals surface area contributed by atoms with E-state index in [2.05, 4.69) is 0 Å². The number of hydrogen-bond donors (Lipinski definition) is 0. The van der Waals surface area contributed by atoms with E-state index in [0.29, 0.717) is 25.2 Å². The number of rotatable bonds is 2. The minimum absolute atomic E-state index is 0.320. The lowest BCUT2D eigenvalue weighted by Gasteiger charge is -2.28. The van der Waals surface area contributed by atoms with Crippen molar-refractivity contribution in [2.24, 2.45) is 5.92 Å². The van der Waals surface area contributed by atoms with Crippen LogP contribution in [0.3, 0.4) is 0 Å². The molecule has 0 radical (unpaired) electrons. The maximum Gasteiger partial charge on any atom is 0.264 e. The van der Waals surface area contributed by atoms with E-state index >= 15 is 0 Å². The van der Waals surface area contributed by atoms with Crippen LogP contribution in [0.15, 0.2) is 0 Å². The van der Waals surface area contributed by atoms with Gasteiger partial charge in [0.15, 0.2) is 0 Å². The lowest BCUT2D eigenvalue weighted by molar-refractivity contribution is 0.0255. The Morgan fingerprint density at radius 3 is 2.79 bits per heavy atom. The Bertz CT molecular complexity index is 327. The van der Waals surface area contributed by atoms with Gasteiger partial charge in [-0.05, 0) is 31.6 Å². The second kappa shape index (κ2) is 3.17. The van der Waals surface area contributed by atoms with Gasteiger partial charge in [0.1, 0.15) is 11.8 Å². The van der Waals surface area contributed by atoms with Crippen molar-refractivity contribution in [3.8, 4) is 0 Å². The molecule has 2 fully saturated rings. The molecule has 0 aromatic carbocycles. The van der Waals surface area contributed by atoms with E-state index < -0.39 is 21.9 Å². The molecule has 14 heavy (non-hydrogen) atoms. The maximum atomic E-state index is 14.1. The third-order valence-electron chi connectivity index (χ3n) is 3.25. The van der Waals surface area contributed by atoms with Crippen LogP contribution in [0.4, 0.5) is 4.39 Å². The summed E-state index contributed by atoms with van der Waals surface area (Å²) in [7, 11) is -3.52. The van der Waals surface area contributed by atoms with Gasteiger partial charge in [0.25, 0.3) is 10.1 Å². The summed E-state index contributed by atoms with van der Waals surface area (Å²) in [5.74, 6) is 0.320. The molecule has 3 nitrogen and oxygen atoms in total. The molecule has 0 aromatic rings. The number of alkyl halides is 1. The first-order chi connectivity index (χ1) is 6.39. The van der Waals surface area contributed by atoms with Gasteiger partial charge >= 0.3 is 0 Å². The summed E-state index contributed by atoms with van der Waals surface area (Å²) in [6.45, 7) is 0. The van der Waals surface area contributed by atoms with Crippen molar-refractivity contribution in [3.05, 3.63) is 0 Å². The Hall–Kier alpha value is -0.160. The highest BCUT2D eigenvalue weighted by Gasteiger charge is 2.52. The normalized spacial score (nSPS) is 42.7. The molecule has 3 atom stereocenters. The highest BCUT2D eigenvalue weighted by atomic mass is 32.2. The first-order valence-corrected chi connectivity index (χ1v) is 6.78. The Kier molecular flexibility index (Phi) is 2.34. The van der Waals surface area contributed by atoms with E-state index in [9.17, 15) is 12.8 Å². The van der Waals surface area contributed by atoms with Crippen molar-refractivity contribution >= 4 is 10.1 Å². The number of halogens is 1. The summed E-state index contributed by atoms with van der Waals surface area (Å²) in [6.07, 6.45) is 3.60. The monoisotopic (exact) mass is 222 g/mol. The van der Waals surface area contributed by atoms with Gasteiger partial charge in [-0.1, -0.05) is 6.42 Å². The molecule has 2 saturated carbocycles. The van der Waals surface area contributed by atoms with Crippen LogP contribution in [0.25, 0.3) is 0 Å². The first kappa shape index (κ1) is 10.4. The Labute approximate surface area is 83.8 Å². The molecule has 0 saturated heterocycles. The molecule has 2 rings (SSSR count). The van der Waals surface area contributed by atoms with Gasteiger partial charge in [-0.3, -0.25) is 4.18 Å². The van der Waals surface area contributed by atoms with Crippen LogP contribution in [0.5, 0.6) is 0 Å². The zero-order chi connectivity index (χ0) is 10.4. The van der Waals surface area contributed by atoms with Crippen LogP contribution < -0.4 is 0 Å². The average molecular weight is 222 g/mol. The standard InChI is InChI=1S/C9H15FO3S/c1-14(11,12)13-8-5-7-3-2-4-9(8,10)6-7/h7-8H,2-6H2,1H3/t7?,8-,9-/m1/s1. The molecule has 5 heteroatoms. The summed E-state index contributed by atoms with van der Waals surface area (Å²) < 4.78 is 40.8. The van der Waals surface area contributed by atoms with Crippen molar-refractivity contribution in [2.75, 3.05) is 6.26 Å². The summed E-state index contributed by atoms with van der Waals surface area (Å²) in [4.78, 5) is 0. The zero-order valence-corrected chi connectivity index (χ0v) is 9.02. The third-order valence-corrected chi connectivity index (χ3v) is 3.83. The molecular formula is C9H15FO3S. The predicted octanol–water partition coefficient (Wildman–Crippen LogP) is 1.63. The largest absolute Gasteiger partial charge is 0.264 e. The smallest absolute Gasteiger partial charge is 0.264 e. The summed E-state index contributed by atoms with van der Waals surface area (Å²) in [5, 5.41) is 0. The van der Waals surface area contributed by atoms with Crippen LogP contribution in [0.1, 0.15) is 32.1 Å². The van der Waals surface area contributed by atoms with Crippen molar-refractivity contribution in [1.82, 2.24) is 0 Å². The van der Waals surface area contributed by atoms with Gasteiger partial charge in [-0.2, -0.15) is 8.42 Å². The molecule has 2 bridgehead atoms. The SMILES string of the molecule is CS(=O)(=O)O[C@@H]1CC2CCC[C@@]1(F)C2. The molecule has 2 aliphatic carbocycles. The van der Waals surface area contributed by atoms with Gasteiger partial charge in [-0.25, -0.2) is 4.39 Å². The fourth-order valence-electron chi connectivity index (χ4n) is 2.71. The third kappa shape index (κ3) is 1.93. The van der Waals surface area contributed by atoms with E-state index in [0.717, 1.165) is 19.1 Å².